The lowest BCUT2D eigenvalue weighted by molar-refractivity contribution is -0.137. The van der Waals surface area contributed by atoms with E-state index in [9.17, 15) is 18.0 Å². The molecule has 0 unspecified atom stereocenters. The van der Waals surface area contributed by atoms with Gasteiger partial charge in [0.2, 0.25) is 5.91 Å². The van der Waals surface area contributed by atoms with Gasteiger partial charge in [-0.2, -0.15) is 18.4 Å². The zero-order valence-electron chi connectivity index (χ0n) is 13.1. The number of amides is 1. The number of hydrogen-bond acceptors (Lipinski definition) is 3. The van der Waals surface area contributed by atoms with Crippen LogP contribution >= 0.6 is 0 Å². The monoisotopic (exact) mass is 356 g/mol. The molecule has 0 aliphatic carbocycles. The first kappa shape index (κ1) is 17.2. The maximum Gasteiger partial charge on any atom is 0.416 e. The van der Waals surface area contributed by atoms with Crippen molar-refractivity contribution in [1.29, 1.82) is 5.26 Å². The van der Waals surface area contributed by atoms with Gasteiger partial charge in [-0.3, -0.25) is 4.79 Å². The van der Waals surface area contributed by atoms with Crippen LogP contribution in [0.3, 0.4) is 0 Å². The highest BCUT2D eigenvalue weighted by molar-refractivity contribution is 5.95. The number of benzene rings is 1. The van der Waals surface area contributed by atoms with Crippen LogP contribution in [0.1, 0.15) is 16.7 Å². The Morgan fingerprint density at radius 3 is 2.65 bits per heavy atom. The van der Waals surface area contributed by atoms with Crippen LogP contribution in [0.5, 0.6) is 0 Å². The Hall–Kier alpha value is -3.60. The summed E-state index contributed by atoms with van der Waals surface area (Å²) in [5.74, 6) is -0.625. The van der Waals surface area contributed by atoms with Gasteiger partial charge in [-0.1, -0.05) is 0 Å². The highest BCUT2D eigenvalue weighted by Crippen LogP contribution is 2.34. The fourth-order valence-electron chi connectivity index (χ4n) is 2.51. The number of fused-ring (bicyclic) bond motifs is 1. The van der Waals surface area contributed by atoms with E-state index in [1.54, 1.807) is 18.3 Å². The lowest BCUT2D eigenvalue weighted by atomic mass is 10.00. The molecule has 2 aromatic heterocycles. The predicted octanol–water partition coefficient (Wildman–Crippen LogP) is 3.62. The molecule has 0 radical (unpaired) electrons. The molecule has 3 N–H and O–H groups in total. The Bertz CT molecular complexity index is 1070. The summed E-state index contributed by atoms with van der Waals surface area (Å²) in [7, 11) is 0. The second-order valence-electron chi connectivity index (χ2n) is 5.51. The smallest absolute Gasteiger partial charge is 0.366 e. The first-order valence-corrected chi connectivity index (χ1v) is 7.35. The molecule has 3 rings (SSSR count). The minimum Gasteiger partial charge on any atom is -0.366 e. The number of carbonyl (C=O) groups excluding carboxylic acids is 1. The largest absolute Gasteiger partial charge is 0.416 e. The lowest BCUT2D eigenvalue weighted by Crippen LogP contribution is -2.05. The number of nitrogens with two attached hydrogens (primary N) is 1. The van der Waals surface area contributed by atoms with E-state index in [1.165, 1.54) is 24.4 Å². The van der Waals surface area contributed by atoms with Gasteiger partial charge in [0.25, 0.3) is 0 Å². The summed E-state index contributed by atoms with van der Waals surface area (Å²) in [6, 6.07) is 6.50. The number of aromatic nitrogens is 2. The zero-order valence-corrected chi connectivity index (χ0v) is 13.1. The summed E-state index contributed by atoms with van der Waals surface area (Å²) in [6.07, 6.45) is 1.11. The first-order valence-electron chi connectivity index (χ1n) is 7.35. The van der Waals surface area contributed by atoms with Gasteiger partial charge in [0.05, 0.1) is 17.2 Å². The van der Waals surface area contributed by atoms with Crippen molar-refractivity contribution >= 4 is 23.0 Å². The fraction of sp³-hybridized carbons (Fsp3) is 0.0556. The van der Waals surface area contributed by atoms with Gasteiger partial charge in [0, 0.05) is 35.0 Å². The Balaban J connectivity index is 2.15. The lowest BCUT2D eigenvalue weighted by Gasteiger charge is -2.10. The number of nitrogens with zero attached hydrogens (tertiary/aromatic N) is 2. The fourth-order valence-corrected chi connectivity index (χ4v) is 2.51. The van der Waals surface area contributed by atoms with E-state index >= 15 is 0 Å². The number of nitriles is 1. The standard InChI is InChI=1S/C18H11F3N4O/c19-18(20,21)14-4-10(7-22)3-12(5-14)13-6-15-11(1-2-16(23)26)8-24-17(15)25-9-13/h1-6,8-9H,(H2,23,26)(H,24,25). The van der Waals surface area contributed by atoms with Crippen LogP contribution in [-0.2, 0) is 11.0 Å². The Kier molecular flexibility index (Phi) is 4.22. The van der Waals surface area contributed by atoms with Gasteiger partial charge in [-0.15, -0.1) is 0 Å². The van der Waals surface area contributed by atoms with Crippen LogP contribution < -0.4 is 5.73 Å². The number of carbonyl (C=O) groups is 1. The topological polar surface area (TPSA) is 95.6 Å². The van der Waals surface area contributed by atoms with Gasteiger partial charge in [0.15, 0.2) is 0 Å². The Morgan fingerprint density at radius 2 is 2.00 bits per heavy atom. The van der Waals surface area contributed by atoms with Gasteiger partial charge in [0.1, 0.15) is 5.65 Å². The Morgan fingerprint density at radius 1 is 1.23 bits per heavy atom. The average molecular weight is 356 g/mol. The molecule has 0 aliphatic heterocycles. The molecule has 3 aromatic rings. The second kappa shape index (κ2) is 6.37. The van der Waals surface area contributed by atoms with Crippen molar-refractivity contribution in [3.8, 4) is 17.2 Å². The van der Waals surface area contributed by atoms with Crippen molar-refractivity contribution in [2.75, 3.05) is 0 Å². The molecule has 1 aromatic carbocycles. The van der Waals surface area contributed by atoms with Gasteiger partial charge in [-0.05, 0) is 35.9 Å². The van der Waals surface area contributed by atoms with Gasteiger partial charge in [-0.25, -0.2) is 4.98 Å². The molecule has 26 heavy (non-hydrogen) atoms. The number of halogens is 3. The number of alkyl halides is 3. The molecule has 0 aliphatic rings. The molecule has 1 amide bonds. The number of rotatable bonds is 3. The van der Waals surface area contributed by atoms with Crippen molar-refractivity contribution in [2.24, 2.45) is 5.73 Å². The molecule has 0 saturated carbocycles. The summed E-state index contributed by atoms with van der Waals surface area (Å²) in [5.41, 5.74) is 5.81. The maximum atomic E-state index is 13.1. The van der Waals surface area contributed by atoms with E-state index in [-0.39, 0.29) is 11.1 Å². The van der Waals surface area contributed by atoms with Crippen molar-refractivity contribution in [1.82, 2.24) is 9.97 Å². The number of nitrogens with one attached hydrogen (secondary N) is 1. The summed E-state index contributed by atoms with van der Waals surface area (Å²) < 4.78 is 39.2. The van der Waals surface area contributed by atoms with Crippen LogP contribution in [0.2, 0.25) is 0 Å². The van der Waals surface area contributed by atoms with E-state index in [0.717, 1.165) is 12.1 Å². The number of primary amides is 1. The predicted molar refractivity (Wildman–Crippen MR) is 89.5 cm³/mol. The Labute approximate surface area is 145 Å². The minimum atomic E-state index is -4.57. The summed E-state index contributed by atoms with van der Waals surface area (Å²) in [5, 5.41) is 9.62. The molecule has 130 valence electrons. The number of H-pyrrole nitrogens is 1. The third kappa shape index (κ3) is 3.42. The van der Waals surface area contributed by atoms with Gasteiger partial charge < -0.3 is 10.7 Å². The number of hydrogen-bond donors (Lipinski definition) is 2. The van der Waals surface area contributed by atoms with Crippen molar-refractivity contribution in [3.05, 3.63) is 59.4 Å². The molecule has 0 bridgehead atoms. The molecule has 8 heteroatoms. The number of pyridine rings is 1. The van der Waals surface area contributed by atoms with Crippen LogP contribution in [0, 0.1) is 11.3 Å². The molecule has 0 spiro atoms. The maximum absolute atomic E-state index is 13.1. The van der Waals surface area contributed by atoms with E-state index in [1.807, 2.05) is 0 Å². The van der Waals surface area contributed by atoms with Crippen LogP contribution in [-0.4, -0.2) is 15.9 Å². The zero-order chi connectivity index (χ0) is 18.9. The van der Waals surface area contributed by atoms with Crippen molar-refractivity contribution < 1.29 is 18.0 Å². The molecule has 2 heterocycles. The SMILES string of the molecule is N#Cc1cc(-c2cnc3[nH]cc(C=CC(N)=O)c3c2)cc(C(F)(F)F)c1. The molecular formula is C18H11F3N4O. The van der Waals surface area contributed by atoms with E-state index in [0.29, 0.717) is 22.2 Å². The summed E-state index contributed by atoms with van der Waals surface area (Å²) in [6.45, 7) is 0. The van der Waals surface area contributed by atoms with E-state index in [4.69, 9.17) is 11.0 Å². The molecule has 0 saturated heterocycles. The second-order valence-corrected chi connectivity index (χ2v) is 5.51. The van der Waals surface area contributed by atoms with Crippen LogP contribution in [0.15, 0.2) is 42.7 Å². The highest BCUT2D eigenvalue weighted by Gasteiger charge is 2.31. The first-order chi connectivity index (χ1) is 12.3. The normalized spacial score (nSPS) is 11.8. The molecule has 0 atom stereocenters. The van der Waals surface area contributed by atoms with E-state index in [2.05, 4.69) is 9.97 Å². The molecular weight excluding hydrogens is 345 g/mol. The molecule has 5 nitrogen and oxygen atoms in total. The summed E-state index contributed by atoms with van der Waals surface area (Å²) >= 11 is 0. The van der Waals surface area contributed by atoms with Crippen LogP contribution in [0.25, 0.3) is 28.2 Å². The van der Waals surface area contributed by atoms with Crippen molar-refractivity contribution in [2.45, 2.75) is 6.18 Å². The number of aromatic amines is 1. The summed E-state index contributed by atoms with van der Waals surface area (Å²) in [4.78, 5) is 18.0. The third-order valence-electron chi connectivity index (χ3n) is 3.71. The quantitative estimate of drug-likeness (QED) is 0.702. The van der Waals surface area contributed by atoms with E-state index < -0.39 is 17.6 Å². The average Bonchev–Trinajstić information content (AvgIpc) is 3.01. The van der Waals surface area contributed by atoms with Gasteiger partial charge >= 0.3 is 6.18 Å². The third-order valence-corrected chi connectivity index (χ3v) is 3.71. The van der Waals surface area contributed by atoms with Crippen molar-refractivity contribution in [3.63, 3.8) is 0 Å². The minimum absolute atomic E-state index is 0.0992. The molecule has 0 fully saturated rings. The van der Waals surface area contributed by atoms with Crippen LogP contribution in [0.4, 0.5) is 13.2 Å². The highest BCUT2D eigenvalue weighted by atomic mass is 19.4.